The fraction of sp³-hybridized carbons (Fsp3) is 0. The molecule has 12 aromatic carbocycles. The molecule has 0 aliphatic rings. The molecule has 0 amide bonds. The molecule has 0 spiro atoms. The smallest absolute Gasteiger partial charge is 0.181 e. The van der Waals surface area contributed by atoms with Gasteiger partial charge in [-0.3, -0.25) is 9.88 Å². The fourth-order valence-electron chi connectivity index (χ4n) is 12.2. The lowest BCUT2D eigenvalue weighted by Crippen LogP contribution is -2.12. The van der Waals surface area contributed by atoms with E-state index in [4.69, 9.17) is 18.8 Å². The average molecular weight is 1020 g/mol. The summed E-state index contributed by atoms with van der Waals surface area (Å²) < 4.78 is 13.8. The van der Waals surface area contributed by atoms with Crippen LogP contribution in [0.4, 0.5) is 34.3 Å². The first-order chi connectivity index (χ1) is 39.7. The van der Waals surface area contributed by atoms with Crippen molar-refractivity contribution in [1.82, 2.24) is 9.97 Å². The van der Waals surface area contributed by atoms with Crippen LogP contribution < -0.4 is 9.80 Å². The van der Waals surface area contributed by atoms with Gasteiger partial charge in [0.05, 0.1) is 17.1 Å². The summed E-state index contributed by atoms with van der Waals surface area (Å²) in [4.78, 5) is 14.7. The van der Waals surface area contributed by atoms with Crippen LogP contribution >= 0.6 is 0 Å². The molecule has 6 nitrogen and oxygen atoms in total. The van der Waals surface area contributed by atoms with Crippen molar-refractivity contribution >= 4 is 121 Å². The van der Waals surface area contributed by atoms with Gasteiger partial charge in [-0.15, -0.1) is 0 Å². The van der Waals surface area contributed by atoms with E-state index in [1.165, 1.54) is 21.5 Å². The Bertz CT molecular complexity index is 5080. The van der Waals surface area contributed by atoms with Gasteiger partial charge >= 0.3 is 0 Å². The van der Waals surface area contributed by atoms with Crippen molar-refractivity contribution in [2.75, 3.05) is 9.80 Å². The number of para-hydroxylation sites is 1. The maximum Gasteiger partial charge on any atom is 0.181 e. The van der Waals surface area contributed by atoms with E-state index in [1.807, 2.05) is 30.6 Å². The van der Waals surface area contributed by atoms with E-state index in [0.717, 1.165) is 122 Å². The molecule has 0 unspecified atom stereocenters. The Morgan fingerprint density at radius 2 is 0.787 bits per heavy atom. The first-order valence-corrected chi connectivity index (χ1v) is 27.0. The van der Waals surface area contributed by atoms with Crippen molar-refractivity contribution in [2.45, 2.75) is 0 Å². The predicted molar refractivity (Wildman–Crippen MR) is 332 cm³/mol. The van der Waals surface area contributed by atoms with E-state index in [-0.39, 0.29) is 0 Å². The zero-order valence-electron chi connectivity index (χ0n) is 43.2. The Morgan fingerprint density at radius 3 is 1.49 bits per heavy atom. The molecule has 0 bridgehead atoms. The summed E-state index contributed by atoms with van der Waals surface area (Å²) in [7, 11) is 0. The quantitative estimate of drug-likeness (QED) is 0.134. The van der Waals surface area contributed by atoms with E-state index in [1.54, 1.807) is 0 Å². The van der Waals surface area contributed by atoms with Gasteiger partial charge in [0.1, 0.15) is 16.7 Å². The number of aromatic nitrogens is 2. The van der Waals surface area contributed by atoms with Crippen molar-refractivity contribution < 1.29 is 8.83 Å². The summed E-state index contributed by atoms with van der Waals surface area (Å²) in [6.07, 6.45) is 3.81. The lowest BCUT2D eigenvalue weighted by atomic mass is 9.95. The highest BCUT2D eigenvalue weighted by atomic mass is 16.3. The number of hydrogen-bond acceptors (Lipinski definition) is 6. The second-order valence-corrected chi connectivity index (χ2v) is 20.4. The minimum absolute atomic E-state index is 0.712. The molecule has 16 rings (SSSR count). The number of hydrogen-bond donors (Lipinski definition) is 0. The summed E-state index contributed by atoms with van der Waals surface area (Å²) in [5.41, 5.74) is 15.5. The van der Waals surface area contributed by atoms with E-state index in [0.29, 0.717) is 11.4 Å². The van der Waals surface area contributed by atoms with Crippen LogP contribution in [0.1, 0.15) is 0 Å². The number of fused-ring (bicyclic) bond motifs is 12. The Kier molecular flexibility index (Phi) is 10.5. The highest BCUT2D eigenvalue weighted by Crippen LogP contribution is 2.49. The van der Waals surface area contributed by atoms with Crippen LogP contribution in [-0.2, 0) is 0 Å². The van der Waals surface area contributed by atoms with Gasteiger partial charge in [0.15, 0.2) is 17.0 Å². The third-order valence-electron chi connectivity index (χ3n) is 15.9. The molecule has 0 radical (unpaired) electrons. The number of benzene rings is 12. The number of furan rings is 2. The predicted octanol–water partition coefficient (Wildman–Crippen LogP) is 20.8. The second kappa shape index (κ2) is 18.4. The van der Waals surface area contributed by atoms with Gasteiger partial charge in [-0.05, 0) is 138 Å². The zero-order chi connectivity index (χ0) is 52.7. The molecule has 4 aromatic heterocycles. The molecular weight excluding hydrogens is 977 g/mol. The van der Waals surface area contributed by atoms with Crippen molar-refractivity contribution in [1.29, 1.82) is 0 Å². The lowest BCUT2D eigenvalue weighted by Gasteiger charge is -2.27. The van der Waals surface area contributed by atoms with Crippen LogP contribution in [-0.4, -0.2) is 9.97 Å². The third-order valence-corrected chi connectivity index (χ3v) is 15.9. The molecule has 374 valence electrons. The van der Waals surface area contributed by atoms with Crippen LogP contribution in [0.2, 0.25) is 0 Å². The van der Waals surface area contributed by atoms with Crippen molar-refractivity contribution in [3.8, 4) is 33.4 Å². The number of anilines is 6. The normalized spacial score (nSPS) is 11.8. The van der Waals surface area contributed by atoms with Crippen LogP contribution in [0.5, 0.6) is 0 Å². The third kappa shape index (κ3) is 7.34. The van der Waals surface area contributed by atoms with Gasteiger partial charge in [0.2, 0.25) is 0 Å². The van der Waals surface area contributed by atoms with Crippen LogP contribution in [0.3, 0.4) is 0 Å². The maximum atomic E-state index is 7.06. The Balaban J connectivity index is 0.823. The maximum absolute atomic E-state index is 7.06. The summed E-state index contributed by atoms with van der Waals surface area (Å²) in [5.74, 6) is 0.713. The molecule has 4 heterocycles. The molecule has 0 fully saturated rings. The first-order valence-electron chi connectivity index (χ1n) is 27.0. The number of nitrogens with zero attached hydrogens (tertiary/aromatic N) is 4. The van der Waals surface area contributed by atoms with Crippen LogP contribution in [0.25, 0.3) is 120 Å². The SMILES string of the molecule is c1ccc(-c2ccc(N(c3cc4ccccc4c4ccccc34)c3nccc4c3oc3cccc(-c5cccc(-c6ccc(N(c7cc8ccccc8c8ccccc78)c7ccnc8c7oc7ccccc78)cc6)c5)c34)cc2)cc1. The monoisotopic (exact) mass is 1020 g/mol. The summed E-state index contributed by atoms with van der Waals surface area (Å²) in [5, 5.41) is 12.4. The standard InChI is InChI=1S/C74H46N4O2/c1-2-16-47(17-3-1)48-32-38-55(39-33-48)78(67-46-53-19-5-7-23-57(53)60-25-9-11-27-62(60)67)74-72-64(40-42-76-74)70-58(29-15-31-69(70)80-72)51-21-14-20-50(44-51)49-34-36-54(37-35-49)77(65-41-43-75-71-63-28-12-13-30-68(63)79-73(65)71)66-45-52-18-4-6-22-56(52)59-24-8-10-26-61(59)66/h1-46H. The summed E-state index contributed by atoms with van der Waals surface area (Å²) >= 11 is 0. The Hall–Kier alpha value is -10.8. The van der Waals surface area contributed by atoms with Crippen LogP contribution in [0.15, 0.2) is 288 Å². The zero-order valence-corrected chi connectivity index (χ0v) is 43.2. The number of rotatable bonds is 9. The highest BCUT2D eigenvalue weighted by Gasteiger charge is 2.26. The molecule has 0 aliphatic carbocycles. The largest absolute Gasteiger partial charge is 0.452 e. The minimum Gasteiger partial charge on any atom is -0.452 e. The molecule has 16 aromatic rings. The van der Waals surface area contributed by atoms with Crippen molar-refractivity contribution in [3.63, 3.8) is 0 Å². The van der Waals surface area contributed by atoms with E-state index in [9.17, 15) is 0 Å². The van der Waals surface area contributed by atoms with E-state index < -0.39 is 0 Å². The average Bonchev–Trinajstić information content (AvgIpc) is 4.22. The molecule has 0 saturated carbocycles. The van der Waals surface area contributed by atoms with E-state index >= 15 is 0 Å². The summed E-state index contributed by atoms with van der Waals surface area (Å²) in [6.45, 7) is 0. The minimum atomic E-state index is 0.712. The molecule has 0 N–H and O–H groups in total. The van der Waals surface area contributed by atoms with Gasteiger partial charge in [-0.2, -0.15) is 0 Å². The number of pyridine rings is 2. The first kappa shape index (κ1) is 45.4. The molecule has 0 atom stereocenters. The van der Waals surface area contributed by atoms with Gasteiger partial charge in [0.25, 0.3) is 0 Å². The molecule has 80 heavy (non-hydrogen) atoms. The molecule has 0 saturated heterocycles. The van der Waals surface area contributed by atoms with Gasteiger partial charge in [-0.25, -0.2) is 4.98 Å². The van der Waals surface area contributed by atoms with Gasteiger partial charge in [0, 0.05) is 50.7 Å². The summed E-state index contributed by atoms with van der Waals surface area (Å²) in [6, 6.07) is 94.9. The topological polar surface area (TPSA) is 58.5 Å². The van der Waals surface area contributed by atoms with Gasteiger partial charge in [-0.1, -0.05) is 194 Å². The molecule has 0 aliphatic heterocycles. The Labute approximate surface area is 460 Å². The molecule has 6 heteroatoms. The fourth-order valence-corrected chi connectivity index (χ4v) is 12.2. The van der Waals surface area contributed by atoms with Crippen LogP contribution in [0, 0.1) is 0 Å². The van der Waals surface area contributed by atoms with Gasteiger partial charge < -0.3 is 13.7 Å². The second-order valence-electron chi connectivity index (χ2n) is 20.4. The molecular formula is C74H46N4O2. The Morgan fingerprint density at radius 1 is 0.287 bits per heavy atom. The van der Waals surface area contributed by atoms with Crippen molar-refractivity contribution in [2.24, 2.45) is 0 Å². The lowest BCUT2D eigenvalue weighted by molar-refractivity contribution is 0.667. The van der Waals surface area contributed by atoms with E-state index in [2.05, 4.69) is 259 Å². The van der Waals surface area contributed by atoms with Crippen molar-refractivity contribution in [3.05, 3.63) is 279 Å². The highest BCUT2D eigenvalue weighted by molar-refractivity contribution is 6.19.